The lowest BCUT2D eigenvalue weighted by Gasteiger charge is -2.12. The van der Waals surface area contributed by atoms with Gasteiger partial charge in [0, 0.05) is 11.1 Å². The Labute approximate surface area is 169 Å². The maximum absolute atomic E-state index is 13.0. The lowest BCUT2D eigenvalue weighted by molar-refractivity contribution is 0.0602. The first-order valence-electron chi connectivity index (χ1n) is 9.33. The van der Waals surface area contributed by atoms with Gasteiger partial charge < -0.3 is 14.5 Å². The highest BCUT2D eigenvalue weighted by molar-refractivity contribution is 6.08. The lowest BCUT2D eigenvalue weighted by atomic mass is 9.95. The predicted octanol–water partition coefficient (Wildman–Crippen LogP) is 5.81. The van der Waals surface area contributed by atoms with Crippen molar-refractivity contribution in [1.29, 1.82) is 0 Å². The van der Waals surface area contributed by atoms with Crippen molar-refractivity contribution >= 4 is 5.97 Å². The minimum absolute atomic E-state index is 0.400. The number of carbonyl (C=O) groups is 1. The fourth-order valence-corrected chi connectivity index (χ4v) is 3.57. The number of ether oxygens (including phenoxy) is 2. The van der Waals surface area contributed by atoms with Crippen LogP contribution in [0.15, 0.2) is 84.9 Å². The Balaban J connectivity index is 2.11. The smallest absolute Gasteiger partial charge is 0.340 e. The molecule has 1 N–H and O–H groups in total. The minimum atomic E-state index is -0.400. The number of esters is 1. The number of hydrogen-bond donors (Lipinski definition) is 1. The van der Waals surface area contributed by atoms with Gasteiger partial charge in [-0.2, -0.15) is 0 Å². The molecule has 144 valence electrons. The fraction of sp³-hybridized carbons (Fsp3) is 0.0800. The summed E-state index contributed by atoms with van der Waals surface area (Å²) in [6, 6.07) is 27.4. The van der Waals surface area contributed by atoms with Gasteiger partial charge in [-0.3, -0.25) is 0 Å². The normalized spacial score (nSPS) is 10.6. The molecule has 0 bridgehead atoms. The molecule has 0 atom stereocenters. The largest absolute Gasteiger partial charge is 0.496 e. The molecular formula is C25H21NO3. The second-order valence-corrected chi connectivity index (χ2v) is 6.55. The van der Waals surface area contributed by atoms with Crippen LogP contribution < -0.4 is 4.74 Å². The van der Waals surface area contributed by atoms with Gasteiger partial charge in [-0.15, -0.1) is 0 Å². The topological polar surface area (TPSA) is 51.3 Å². The number of H-pyrrole nitrogens is 1. The van der Waals surface area contributed by atoms with Crippen molar-refractivity contribution in [2.75, 3.05) is 14.2 Å². The lowest BCUT2D eigenvalue weighted by Crippen LogP contribution is -2.04. The van der Waals surface area contributed by atoms with Crippen molar-refractivity contribution in [1.82, 2.24) is 4.98 Å². The van der Waals surface area contributed by atoms with Gasteiger partial charge in [0.15, 0.2) is 0 Å². The van der Waals surface area contributed by atoms with E-state index in [0.717, 1.165) is 33.6 Å². The van der Waals surface area contributed by atoms with Crippen molar-refractivity contribution in [3.05, 3.63) is 90.5 Å². The molecule has 0 aliphatic rings. The maximum Gasteiger partial charge on any atom is 0.340 e. The summed E-state index contributed by atoms with van der Waals surface area (Å²) in [4.78, 5) is 16.5. The highest BCUT2D eigenvalue weighted by Crippen LogP contribution is 2.43. The van der Waals surface area contributed by atoms with Crippen LogP contribution in [0, 0.1) is 0 Å². The highest BCUT2D eigenvalue weighted by Gasteiger charge is 2.28. The monoisotopic (exact) mass is 383 g/mol. The number of para-hydroxylation sites is 1. The molecule has 4 heteroatoms. The Morgan fingerprint density at radius 1 is 0.724 bits per heavy atom. The molecular weight excluding hydrogens is 362 g/mol. The zero-order valence-electron chi connectivity index (χ0n) is 16.3. The maximum atomic E-state index is 13.0. The molecule has 0 unspecified atom stereocenters. The molecule has 4 rings (SSSR count). The number of methoxy groups -OCH3 is 2. The van der Waals surface area contributed by atoms with E-state index in [-0.39, 0.29) is 0 Å². The first-order valence-corrected chi connectivity index (χ1v) is 9.33. The van der Waals surface area contributed by atoms with E-state index >= 15 is 0 Å². The molecule has 0 amide bonds. The van der Waals surface area contributed by atoms with Gasteiger partial charge in [-0.25, -0.2) is 4.79 Å². The van der Waals surface area contributed by atoms with Crippen molar-refractivity contribution in [3.63, 3.8) is 0 Å². The molecule has 0 saturated carbocycles. The second-order valence-electron chi connectivity index (χ2n) is 6.55. The van der Waals surface area contributed by atoms with Gasteiger partial charge in [0.2, 0.25) is 0 Å². The predicted molar refractivity (Wildman–Crippen MR) is 115 cm³/mol. The third-order valence-corrected chi connectivity index (χ3v) is 4.89. The number of aromatic nitrogens is 1. The van der Waals surface area contributed by atoms with Crippen LogP contribution in [0.4, 0.5) is 0 Å². The van der Waals surface area contributed by atoms with E-state index in [1.807, 2.05) is 84.9 Å². The summed E-state index contributed by atoms with van der Waals surface area (Å²) in [7, 11) is 3.03. The third kappa shape index (κ3) is 3.41. The molecule has 0 radical (unpaired) electrons. The van der Waals surface area contributed by atoms with Gasteiger partial charge in [-0.05, 0) is 17.2 Å². The molecule has 0 saturated heterocycles. The van der Waals surface area contributed by atoms with Crippen LogP contribution in [0.3, 0.4) is 0 Å². The molecule has 1 aromatic heterocycles. The van der Waals surface area contributed by atoms with Crippen LogP contribution in [0.2, 0.25) is 0 Å². The quantitative estimate of drug-likeness (QED) is 0.442. The average Bonchev–Trinajstić information content (AvgIpc) is 3.20. The molecule has 29 heavy (non-hydrogen) atoms. The molecule has 4 aromatic rings. The molecule has 0 aliphatic heterocycles. The number of carbonyl (C=O) groups excluding carboxylic acids is 1. The second kappa shape index (κ2) is 8.07. The summed E-state index contributed by atoms with van der Waals surface area (Å²) in [6.45, 7) is 0. The van der Waals surface area contributed by atoms with Crippen LogP contribution in [0.25, 0.3) is 33.6 Å². The minimum Gasteiger partial charge on any atom is -0.496 e. The van der Waals surface area contributed by atoms with E-state index in [1.165, 1.54) is 7.11 Å². The van der Waals surface area contributed by atoms with Crippen molar-refractivity contribution in [2.24, 2.45) is 0 Å². The Kier molecular flexibility index (Phi) is 5.16. The van der Waals surface area contributed by atoms with E-state index in [1.54, 1.807) is 7.11 Å². The summed E-state index contributed by atoms with van der Waals surface area (Å²) in [6.07, 6.45) is 0. The number of nitrogens with one attached hydrogen (secondary N) is 1. The molecule has 0 spiro atoms. The Hall–Kier alpha value is -3.79. The van der Waals surface area contributed by atoms with Crippen LogP contribution in [-0.2, 0) is 4.74 Å². The molecule has 0 fully saturated rings. The van der Waals surface area contributed by atoms with Gasteiger partial charge >= 0.3 is 5.97 Å². The number of hydrogen-bond acceptors (Lipinski definition) is 3. The Morgan fingerprint density at radius 2 is 1.28 bits per heavy atom. The SMILES string of the molecule is COC(=O)c1c(-c2ccccc2)[nH]c(-c2ccccc2)c1-c1ccccc1OC. The van der Waals surface area contributed by atoms with Crippen LogP contribution >= 0.6 is 0 Å². The first kappa shape index (κ1) is 18.6. The van der Waals surface area contributed by atoms with Gasteiger partial charge in [0.05, 0.1) is 31.2 Å². The first-order chi connectivity index (χ1) is 14.2. The molecule has 3 aromatic carbocycles. The summed E-state index contributed by atoms with van der Waals surface area (Å²) < 4.78 is 10.8. The highest BCUT2D eigenvalue weighted by atomic mass is 16.5. The number of aromatic amines is 1. The van der Waals surface area contributed by atoms with E-state index in [9.17, 15) is 4.79 Å². The molecule has 4 nitrogen and oxygen atoms in total. The summed E-state index contributed by atoms with van der Waals surface area (Å²) in [5.74, 6) is 0.289. The number of benzene rings is 3. The van der Waals surface area contributed by atoms with E-state index in [2.05, 4.69) is 4.98 Å². The summed E-state index contributed by atoms with van der Waals surface area (Å²) in [5.41, 5.74) is 5.52. The zero-order chi connectivity index (χ0) is 20.2. The van der Waals surface area contributed by atoms with Crippen molar-refractivity contribution < 1.29 is 14.3 Å². The van der Waals surface area contributed by atoms with Gasteiger partial charge in [0.1, 0.15) is 5.75 Å². The summed E-state index contributed by atoms with van der Waals surface area (Å²) in [5, 5.41) is 0. The van der Waals surface area contributed by atoms with Crippen molar-refractivity contribution in [2.45, 2.75) is 0 Å². The molecule has 0 aliphatic carbocycles. The third-order valence-electron chi connectivity index (χ3n) is 4.89. The molecule has 1 heterocycles. The van der Waals surface area contributed by atoms with Crippen LogP contribution in [0.1, 0.15) is 10.4 Å². The van der Waals surface area contributed by atoms with Crippen molar-refractivity contribution in [3.8, 4) is 39.4 Å². The zero-order valence-corrected chi connectivity index (χ0v) is 16.3. The standard InChI is InChI=1S/C25H21NO3/c1-28-20-16-10-9-15-19(20)21-22(25(27)29-2)24(18-13-7-4-8-14-18)26-23(21)17-11-5-3-6-12-17/h3-16,26H,1-2H3. The van der Waals surface area contributed by atoms with E-state index < -0.39 is 5.97 Å². The fourth-order valence-electron chi connectivity index (χ4n) is 3.57. The Bertz CT molecular complexity index is 1130. The van der Waals surface area contributed by atoms with Gasteiger partial charge in [-0.1, -0.05) is 78.9 Å². The number of rotatable bonds is 5. The van der Waals surface area contributed by atoms with Crippen LogP contribution in [-0.4, -0.2) is 25.2 Å². The Morgan fingerprint density at radius 3 is 1.86 bits per heavy atom. The van der Waals surface area contributed by atoms with E-state index in [4.69, 9.17) is 9.47 Å². The van der Waals surface area contributed by atoms with Gasteiger partial charge in [0.25, 0.3) is 0 Å². The van der Waals surface area contributed by atoms with E-state index in [0.29, 0.717) is 11.3 Å². The van der Waals surface area contributed by atoms with Crippen LogP contribution in [0.5, 0.6) is 5.75 Å². The average molecular weight is 383 g/mol. The summed E-state index contributed by atoms with van der Waals surface area (Å²) >= 11 is 0.